The zero-order valence-electron chi connectivity index (χ0n) is 12.1. The number of carbonyl (C=O) groups is 1. The second-order valence-electron chi connectivity index (χ2n) is 4.58. The van der Waals surface area contributed by atoms with Gasteiger partial charge in [0.15, 0.2) is 0 Å². The van der Waals surface area contributed by atoms with Crippen LogP contribution in [0, 0.1) is 12.7 Å². The Morgan fingerprint density at radius 2 is 2.19 bits per heavy atom. The number of carbonyl (C=O) groups excluding carboxylic acids is 1. The highest BCUT2D eigenvalue weighted by Crippen LogP contribution is 2.17. The highest BCUT2D eigenvalue weighted by molar-refractivity contribution is 5.98. The third-order valence-corrected chi connectivity index (χ3v) is 2.80. The number of nitrogens with zero attached hydrogens (tertiary/aromatic N) is 2. The normalized spacial score (nSPS) is 12.0. The van der Waals surface area contributed by atoms with Crippen molar-refractivity contribution in [3.8, 4) is 0 Å². The summed E-state index contributed by atoms with van der Waals surface area (Å²) in [6.45, 7) is 5.95. The van der Waals surface area contributed by atoms with E-state index in [2.05, 4.69) is 20.6 Å². The number of hydrogen-bond acceptors (Lipinski definition) is 5. The lowest BCUT2D eigenvalue weighted by Crippen LogP contribution is -2.28. The Labute approximate surface area is 121 Å². The van der Waals surface area contributed by atoms with Gasteiger partial charge in [-0.15, -0.1) is 0 Å². The third kappa shape index (κ3) is 3.56. The number of amides is 1. The summed E-state index contributed by atoms with van der Waals surface area (Å²) < 4.78 is 18.7. The quantitative estimate of drug-likeness (QED) is 0.884. The van der Waals surface area contributed by atoms with Gasteiger partial charge in [-0.2, -0.15) is 0 Å². The minimum Gasteiger partial charge on any atom is -0.444 e. The first-order chi connectivity index (χ1) is 10.0. The average molecular weight is 292 g/mol. The van der Waals surface area contributed by atoms with Crippen LogP contribution < -0.4 is 10.6 Å². The lowest BCUT2D eigenvalue weighted by atomic mass is 10.2. The van der Waals surface area contributed by atoms with Crippen molar-refractivity contribution in [2.45, 2.75) is 26.8 Å². The molecule has 0 saturated carbocycles. The summed E-state index contributed by atoms with van der Waals surface area (Å²) in [5.41, 5.74) is 0.145. The van der Waals surface area contributed by atoms with Gasteiger partial charge in [-0.1, -0.05) is 0 Å². The number of halogens is 1. The highest BCUT2D eigenvalue weighted by atomic mass is 19.1. The molecule has 1 atom stereocenters. The van der Waals surface area contributed by atoms with Crippen LogP contribution in [0.5, 0.6) is 0 Å². The molecule has 0 aromatic carbocycles. The van der Waals surface area contributed by atoms with Crippen molar-refractivity contribution in [2.75, 3.05) is 11.9 Å². The molecule has 0 bridgehead atoms. The van der Waals surface area contributed by atoms with Crippen LogP contribution in [0.2, 0.25) is 0 Å². The fourth-order valence-electron chi connectivity index (χ4n) is 1.83. The maximum absolute atomic E-state index is 13.3. The van der Waals surface area contributed by atoms with Crippen LogP contribution in [-0.4, -0.2) is 22.4 Å². The third-order valence-electron chi connectivity index (χ3n) is 2.80. The van der Waals surface area contributed by atoms with E-state index in [1.54, 1.807) is 20.0 Å². The lowest BCUT2D eigenvalue weighted by Gasteiger charge is -2.13. The van der Waals surface area contributed by atoms with E-state index in [1.807, 2.05) is 6.92 Å². The van der Waals surface area contributed by atoms with E-state index < -0.39 is 17.8 Å². The Hall–Kier alpha value is -2.44. The van der Waals surface area contributed by atoms with Gasteiger partial charge in [0.1, 0.15) is 23.4 Å². The minimum atomic E-state index is -0.568. The topological polar surface area (TPSA) is 80.0 Å². The molecule has 6 nitrogen and oxygen atoms in total. The number of nitrogens with one attached hydrogen (secondary N) is 2. The fourth-order valence-corrected chi connectivity index (χ4v) is 1.83. The van der Waals surface area contributed by atoms with Gasteiger partial charge in [0.25, 0.3) is 5.91 Å². The Bertz CT molecular complexity index is 642. The number of hydrogen-bond donors (Lipinski definition) is 2. The van der Waals surface area contributed by atoms with Crippen LogP contribution in [0.3, 0.4) is 0 Å². The molecule has 2 N–H and O–H groups in total. The first kappa shape index (κ1) is 15.0. The smallest absolute Gasteiger partial charge is 0.255 e. The zero-order valence-corrected chi connectivity index (χ0v) is 12.1. The van der Waals surface area contributed by atoms with Gasteiger partial charge in [-0.05, 0) is 26.8 Å². The summed E-state index contributed by atoms with van der Waals surface area (Å²) in [6, 6.07) is 0.720. The van der Waals surface area contributed by atoms with Crippen LogP contribution in [0.25, 0.3) is 0 Å². The number of aryl methyl sites for hydroxylation is 1. The van der Waals surface area contributed by atoms with Gasteiger partial charge in [0.2, 0.25) is 5.89 Å². The van der Waals surface area contributed by atoms with Crippen LogP contribution in [-0.2, 0) is 0 Å². The van der Waals surface area contributed by atoms with Gasteiger partial charge in [0.05, 0.1) is 18.0 Å². The number of rotatable bonds is 5. The van der Waals surface area contributed by atoms with Crippen LogP contribution in [0.4, 0.5) is 10.2 Å². The van der Waals surface area contributed by atoms with Gasteiger partial charge in [-0.3, -0.25) is 4.79 Å². The molecule has 0 radical (unpaired) electrons. The molecule has 1 unspecified atom stereocenters. The summed E-state index contributed by atoms with van der Waals surface area (Å²) in [6.07, 6.45) is 2.64. The first-order valence-electron chi connectivity index (χ1n) is 6.64. The Kier molecular flexibility index (Phi) is 4.52. The molecule has 0 spiro atoms. The summed E-state index contributed by atoms with van der Waals surface area (Å²) in [5, 5.41) is 5.63. The van der Waals surface area contributed by atoms with Crippen LogP contribution >= 0.6 is 0 Å². The summed E-state index contributed by atoms with van der Waals surface area (Å²) >= 11 is 0. The molecule has 2 aromatic rings. The number of anilines is 1. The van der Waals surface area contributed by atoms with E-state index in [-0.39, 0.29) is 5.56 Å². The van der Waals surface area contributed by atoms with E-state index in [0.717, 1.165) is 12.3 Å². The van der Waals surface area contributed by atoms with Gasteiger partial charge in [-0.25, -0.2) is 14.4 Å². The summed E-state index contributed by atoms with van der Waals surface area (Å²) in [5.74, 6) is 0.386. The molecule has 21 heavy (non-hydrogen) atoms. The van der Waals surface area contributed by atoms with E-state index in [4.69, 9.17) is 4.42 Å². The first-order valence-corrected chi connectivity index (χ1v) is 6.64. The number of pyridine rings is 1. The van der Waals surface area contributed by atoms with Crippen molar-refractivity contribution >= 4 is 11.7 Å². The minimum absolute atomic E-state index is 0.145. The predicted octanol–water partition coefficient (Wildman–Crippen LogP) is 2.44. The van der Waals surface area contributed by atoms with Crippen molar-refractivity contribution in [2.24, 2.45) is 0 Å². The second kappa shape index (κ2) is 6.34. The van der Waals surface area contributed by atoms with Crippen LogP contribution in [0.15, 0.2) is 22.9 Å². The molecule has 112 valence electrons. The average Bonchev–Trinajstić information content (AvgIpc) is 2.87. The molecule has 1 amide bonds. The molecule has 0 aliphatic heterocycles. The Morgan fingerprint density at radius 1 is 1.43 bits per heavy atom. The molecular formula is C14H17FN4O2. The van der Waals surface area contributed by atoms with Crippen molar-refractivity contribution in [1.82, 2.24) is 15.3 Å². The summed E-state index contributed by atoms with van der Waals surface area (Å²) in [4.78, 5) is 20.2. The standard InChI is InChI=1S/C14H17FN4O2/c1-4-16-12-11(5-10(15)7-17-12)13(20)19-9(3)14-18-6-8(2)21-14/h5-7,9H,4H2,1-3H3,(H,16,17)(H,19,20). The van der Waals surface area contributed by atoms with Crippen molar-refractivity contribution < 1.29 is 13.6 Å². The molecule has 7 heteroatoms. The van der Waals surface area contributed by atoms with Gasteiger partial charge in [0, 0.05) is 6.54 Å². The van der Waals surface area contributed by atoms with Crippen molar-refractivity contribution in [3.05, 3.63) is 41.5 Å². The molecule has 0 saturated heterocycles. The highest BCUT2D eigenvalue weighted by Gasteiger charge is 2.19. The molecule has 0 aliphatic carbocycles. The largest absolute Gasteiger partial charge is 0.444 e. The Morgan fingerprint density at radius 3 is 2.81 bits per heavy atom. The summed E-state index contributed by atoms with van der Waals surface area (Å²) in [7, 11) is 0. The van der Waals surface area contributed by atoms with Gasteiger partial charge < -0.3 is 15.1 Å². The maximum Gasteiger partial charge on any atom is 0.255 e. The Balaban J connectivity index is 2.18. The second-order valence-corrected chi connectivity index (χ2v) is 4.58. The molecule has 2 heterocycles. The van der Waals surface area contributed by atoms with Crippen molar-refractivity contribution in [1.29, 1.82) is 0 Å². The SMILES string of the molecule is CCNc1ncc(F)cc1C(=O)NC(C)c1ncc(C)o1. The number of aromatic nitrogens is 2. The predicted molar refractivity (Wildman–Crippen MR) is 75.5 cm³/mol. The van der Waals surface area contributed by atoms with Crippen molar-refractivity contribution in [3.63, 3.8) is 0 Å². The molecule has 0 fully saturated rings. The lowest BCUT2D eigenvalue weighted by molar-refractivity contribution is 0.0934. The zero-order chi connectivity index (χ0) is 15.4. The van der Waals surface area contributed by atoms with E-state index in [1.165, 1.54) is 0 Å². The molecular weight excluding hydrogens is 275 g/mol. The van der Waals surface area contributed by atoms with E-state index in [9.17, 15) is 9.18 Å². The molecule has 2 rings (SSSR count). The van der Waals surface area contributed by atoms with E-state index in [0.29, 0.717) is 24.0 Å². The number of oxazole rings is 1. The fraction of sp³-hybridized carbons (Fsp3) is 0.357. The van der Waals surface area contributed by atoms with Gasteiger partial charge >= 0.3 is 0 Å². The monoisotopic (exact) mass is 292 g/mol. The maximum atomic E-state index is 13.3. The van der Waals surface area contributed by atoms with E-state index >= 15 is 0 Å². The molecule has 2 aromatic heterocycles. The van der Waals surface area contributed by atoms with Crippen LogP contribution in [0.1, 0.15) is 41.9 Å². The molecule has 0 aliphatic rings.